The van der Waals surface area contributed by atoms with E-state index in [0.717, 1.165) is 30.6 Å². The number of likely N-dealkylation sites (tertiary alicyclic amines) is 1. The fourth-order valence-electron chi connectivity index (χ4n) is 2.85. The van der Waals surface area contributed by atoms with E-state index in [9.17, 15) is 9.59 Å². The molecule has 1 aliphatic heterocycles. The third-order valence-electron chi connectivity index (χ3n) is 4.38. The molecule has 0 spiro atoms. The topological polar surface area (TPSA) is 80.1 Å². The average molecular weight is 408 g/mol. The molecule has 0 radical (unpaired) electrons. The molecule has 2 amide bonds. The number of rotatable bonds is 8. The van der Waals surface area contributed by atoms with Crippen molar-refractivity contribution in [3.8, 4) is 5.69 Å². The Kier molecular flexibility index (Phi) is 6.73. The van der Waals surface area contributed by atoms with Crippen LogP contribution in [0.1, 0.15) is 24.8 Å². The second kappa shape index (κ2) is 9.23. The van der Waals surface area contributed by atoms with Crippen molar-refractivity contribution in [3.05, 3.63) is 35.1 Å². The van der Waals surface area contributed by atoms with E-state index < -0.39 is 0 Å². The molecule has 1 saturated heterocycles. The van der Waals surface area contributed by atoms with Gasteiger partial charge in [-0.3, -0.25) is 14.2 Å². The summed E-state index contributed by atoms with van der Waals surface area (Å²) in [6.07, 6.45) is 3.96. The molecule has 1 aromatic carbocycles. The molecule has 1 aliphatic rings. The van der Waals surface area contributed by atoms with Crippen molar-refractivity contribution in [1.82, 2.24) is 25.0 Å². The van der Waals surface area contributed by atoms with E-state index >= 15 is 0 Å². The number of aryl methyl sites for hydroxylation is 1. The number of carbonyl (C=O) groups is 2. The van der Waals surface area contributed by atoms with Crippen LogP contribution in [0.4, 0.5) is 0 Å². The fraction of sp³-hybridized carbons (Fsp3) is 0.444. The van der Waals surface area contributed by atoms with Crippen LogP contribution in [0.3, 0.4) is 0 Å². The SMILES string of the molecule is Cc1ccc(-n2cnnc2SCC(=O)NCCCN2CCCC2=O)cc1Cl. The lowest BCUT2D eigenvalue weighted by Crippen LogP contribution is -2.31. The van der Waals surface area contributed by atoms with Gasteiger partial charge in [0.1, 0.15) is 6.33 Å². The first kappa shape index (κ1) is 19.7. The first-order valence-electron chi connectivity index (χ1n) is 8.88. The minimum atomic E-state index is -0.0655. The zero-order chi connectivity index (χ0) is 19.2. The first-order chi connectivity index (χ1) is 13.0. The Balaban J connectivity index is 1.45. The van der Waals surface area contributed by atoms with Crippen molar-refractivity contribution < 1.29 is 9.59 Å². The first-order valence-corrected chi connectivity index (χ1v) is 10.2. The molecule has 2 heterocycles. The van der Waals surface area contributed by atoms with Crippen LogP contribution in [0.15, 0.2) is 29.7 Å². The summed E-state index contributed by atoms with van der Waals surface area (Å²) in [4.78, 5) is 25.4. The van der Waals surface area contributed by atoms with Gasteiger partial charge in [-0.25, -0.2) is 0 Å². The monoisotopic (exact) mass is 407 g/mol. The fourth-order valence-corrected chi connectivity index (χ4v) is 3.78. The van der Waals surface area contributed by atoms with Gasteiger partial charge in [0.15, 0.2) is 5.16 Å². The molecule has 2 aromatic rings. The van der Waals surface area contributed by atoms with Gasteiger partial charge in [0.2, 0.25) is 11.8 Å². The Morgan fingerprint density at radius 3 is 3.00 bits per heavy atom. The van der Waals surface area contributed by atoms with Crippen LogP contribution >= 0.6 is 23.4 Å². The molecule has 1 fully saturated rings. The summed E-state index contributed by atoms with van der Waals surface area (Å²) >= 11 is 7.51. The number of thioether (sulfide) groups is 1. The lowest BCUT2D eigenvalue weighted by Gasteiger charge is -2.15. The van der Waals surface area contributed by atoms with Gasteiger partial charge in [0.05, 0.1) is 11.4 Å². The molecule has 0 bridgehead atoms. The van der Waals surface area contributed by atoms with Crippen LogP contribution in [0.25, 0.3) is 5.69 Å². The van der Waals surface area contributed by atoms with Crippen molar-refractivity contribution >= 4 is 35.2 Å². The Bertz CT molecular complexity index is 826. The molecule has 7 nitrogen and oxygen atoms in total. The number of amides is 2. The normalized spacial score (nSPS) is 14.0. The zero-order valence-corrected chi connectivity index (χ0v) is 16.7. The summed E-state index contributed by atoms with van der Waals surface area (Å²) in [5.74, 6) is 0.401. The van der Waals surface area contributed by atoms with Gasteiger partial charge in [0.25, 0.3) is 0 Å². The van der Waals surface area contributed by atoms with Gasteiger partial charge in [-0.05, 0) is 37.5 Å². The van der Waals surface area contributed by atoms with Crippen molar-refractivity contribution in [2.45, 2.75) is 31.3 Å². The lowest BCUT2D eigenvalue weighted by molar-refractivity contribution is -0.127. The van der Waals surface area contributed by atoms with E-state index in [2.05, 4.69) is 15.5 Å². The highest BCUT2D eigenvalue weighted by molar-refractivity contribution is 7.99. The maximum atomic E-state index is 12.1. The molecular weight excluding hydrogens is 386 g/mol. The predicted octanol–water partition coefficient (Wildman–Crippen LogP) is 2.45. The molecule has 3 rings (SSSR count). The molecule has 144 valence electrons. The minimum absolute atomic E-state index is 0.0655. The summed E-state index contributed by atoms with van der Waals surface area (Å²) in [7, 11) is 0. The maximum Gasteiger partial charge on any atom is 0.230 e. The number of nitrogens with one attached hydrogen (secondary N) is 1. The Labute approximate surface area is 167 Å². The van der Waals surface area contributed by atoms with Crippen LogP contribution in [0, 0.1) is 6.92 Å². The number of aromatic nitrogens is 3. The number of nitrogens with zero attached hydrogens (tertiary/aromatic N) is 4. The number of halogens is 1. The summed E-state index contributed by atoms with van der Waals surface area (Å²) < 4.78 is 1.81. The summed E-state index contributed by atoms with van der Waals surface area (Å²) in [6, 6.07) is 5.72. The number of hydrogen-bond acceptors (Lipinski definition) is 5. The largest absolute Gasteiger partial charge is 0.355 e. The highest BCUT2D eigenvalue weighted by Crippen LogP contribution is 2.23. The van der Waals surface area contributed by atoms with E-state index in [1.807, 2.05) is 34.6 Å². The molecule has 0 saturated carbocycles. The second-order valence-corrected chi connectivity index (χ2v) is 7.74. The van der Waals surface area contributed by atoms with Gasteiger partial charge in [-0.15, -0.1) is 10.2 Å². The van der Waals surface area contributed by atoms with Crippen molar-refractivity contribution in [2.75, 3.05) is 25.4 Å². The molecular formula is C18H22ClN5O2S. The Morgan fingerprint density at radius 2 is 2.26 bits per heavy atom. The maximum absolute atomic E-state index is 12.1. The Hall–Kier alpha value is -2.06. The number of carbonyl (C=O) groups excluding carboxylic acids is 2. The smallest absolute Gasteiger partial charge is 0.230 e. The molecule has 1 aromatic heterocycles. The molecule has 0 aliphatic carbocycles. The Morgan fingerprint density at radius 1 is 1.41 bits per heavy atom. The molecule has 0 unspecified atom stereocenters. The summed E-state index contributed by atoms with van der Waals surface area (Å²) in [6.45, 7) is 4.04. The lowest BCUT2D eigenvalue weighted by atomic mass is 10.2. The van der Waals surface area contributed by atoms with Crippen LogP contribution in [-0.2, 0) is 9.59 Å². The van der Waals surface area contributed by atoms with Crippen molar-refractivity contribution in [3.63, 3.8) is 0 Å². The van der Waals surface area contributed by atoms with Gasteiger partial charge < -0.3 is 10.2 Å². The molecule has 27 heavy (non-hydrogen) atoms. The average Bonchev–Trinajstić information content (AvgIpc) is 3.28. The molecule has 1 N–H and O–H groups in total. The van der Waals surface area contributed by atoms with Crippen molar-refractivity contribution in [1.29, 1.82) is 0 Å². The second-order valence-electron chi connectivity index (χ2n) is 6.39. The van der Waals surface area contributed by atoms with Crippen LogP contribution < -0.4 is 5.32 Å². The standard InChI is InChI=1S/C18H22ClN5O2S/c1-13-5-6-14(10-15(13)19)24-12-21-22-18(24)27-11-16(25)20-7-3-9-23-8-2-4-17(23)26/h5-6,10,12H,2-4,7-9,11H2,1H3,(H,20,25). The minimum Gasteiger partial charge on any atom is -0.355 e. The van der Waals surface area contributed by atoms with Gasteiger partial charge in [-0.1, -0.05) is 29.4 Å². The van der Waals surface area contributed by atoms with Crippen LogP contribution in [0.2, 0.25) is 5.02 Å². The van der Waals surface area contributed by atoms with E-state index in [1.165, 1.54) is 11.8 Å². The van der Waals surface area contributed by atoms with E-state index in [1.54, 1.807) is 6.33 Å². The van der Waals surface area contributed by atoms with Crippen LogP contribution in [-0.4, -0.2) is 56.9 Å². The zero-order valence-electron chi connectivity index (χ0n) is 15.2. The highest BCUT2D eigenvalue weighted by Gasteiger charge is 2.19. The number of benzene rings is 1. The van der Waals surface area contributed by atoms with Crippen molar-refractivity contribution in [2.24, 2.45) is 0 Å². The molecule has 0 atom stereocenters. The quantitative estimate of drug-likeness (QED) is 0.537. The third-order valence-corrected chi connectivity index (χ3v) is 5.73. The van der Waals surface area contributed by atoms with Gasteiger partial charge >= 0.3 is 0 Å². The van der Waals surface area contributed by atoms with E-state index in [4.69, 9.17) is 11.6 Å². The summed E-state index contributed by atoms with van der Waals surface area (Å²) in [5, 5.41) is 12.2. The van der Waals surface area contributed by atoms with E-state index in [-0.39, 0.29) is 17.6 Å². The number of hydrogen-bond donors (Lipinski definition) is 1. The van der Waals surface area contributed by atoms with Crippen LogP contribution in [0.5, 0.6) is 0 Å². The van der Waals surface area contributed by atoms with Gasteiger partial charge in [-0.2, -0.15) is 0 Å². The predicted molar refractivity (Wildman–Crippen MR) is 105 cm³/mol. The molecule has 9 heteroatoms. The highest BCUT2D eigenvalue weighted by atomic mass is 35.5. The third kappa shape index (κ3) is 5.23. The van der Waals surface area contributed by atoms with E-state index in [0.29, 0.717) is 29.7 Å². The summed E-state index contributed by atoms with van der Waals surface area (Å²) in [5.41, 5.74) is 1.85. The van der Waals surface area contributed by atoms with Gasteiger partial charge in [0, 0.05) is 31.1 Å².